The van der Waals surface area contributed by atoms with Crippen molar-refractivity contribution in [2.24, 2.45) is 11.3 Å². The van der Waals surface area contributed by atoms with Crippen LogP contribution in [0.25, 0.3) is 0 Å². The van der Waals surface area contributed by atoms with Gasteiger partial charge in [0, 0.05) is 30.9 Å². The van der Waals surface area contributed by atoms with Crippen LogP contribution in [-0.4, -0.2) is 88.7 Å². The molecule has 0 spiro atoms. The molecule has 4 amide bonds. The molecule has 0 saturated carbocycles. The highest BCUT2D eigenvalue weighted by atomic mass is 16.2. The van der Waals surface area contributed by atoms with E-state index >= 15 is 0 Å². The summed E-state index contributed by atoms with van der Waals surface area (Å²) in [6, 6.07) is 4.46. The number of nitrogens with one attached hydrogen (secondary N) is 2. The van der Waals surface area contributed by atoms with E-state index in [0.717, 1.165) is 57.2 Å². The van der Waals surface area contributed by atoms with Crippen molar-refractivity contribution in [3.8, 4) is 0 Å². The molecule has 2 aliphatic heterocycles. The second-order valence-electron chi connectivity index (χ2n) is 16.0. The number of anilines is 1. The Bertz CT molecular complexity index is 1360. The van der Waals surface area contributed by atoms with Crippen LogP contribution < -0.4 is 10.6 Å². The highest BCUT2D eigenvalue weighted by molar-refractivity contribution is 6.01. The van der Waals surface area contributed by atoms with Crippen molar-refractivity contribution in [3.63, 3.8) is 0 Å². The van der Waals surface area contributed by atoms with E-state index in [1.54, 1.807) is 23.8 Å². The minimum Gasteiger partial charge on any atom is -0.342 e. The van der Waals surface area contributed by atoms with Gasteiger partial charge in [0.15, 0.2) is 0 Å². The van der Waals surface area contributed by atoms with Gasteiger partial charge in [-0.1, -0.05) is 59.2 Å². The largest absolute Gasteiger partial charge is 0.342 e. The van der Waals surface area contributed by atoms with Gasteiger partial charge in [0.25, 0.3) is 0 Å². The molecule has 3 aliphatic rings. The Morgan fingerprint density at radius 3 is 2.25 bits per heavy atom. The summed E-state index contributed by atoms with van der Waals surface area (Å²) < 4.78 is 0. The summed E-state index contributed by atoms with van der Waals surface area (Å²) in [7, 11) is 1.76. The number of carbonyl (C=O) groups is 4. The smallest absolute Gasteiger partial charge is 0.249 e. The zero-order valence-corrected chi connectivity index (χ0v) is 31.0. The molecular weight excluding hydrogens is 602 g/mol. The van der Waals surface area contributed by atoms with Crippen LogP contribution in [0.4, 0.5) is 5.69 Å². The number of carbonyl (C=O) groups excluding carboxylic acids is 4. The van der Waals surface area contributed by atoms with E-state index < -0.39 is 17.5 Å². The molecule has 2 fully saturated rings. The lowest BCUT2D eigenvalue weighted by molar-refractivity contribution is -0.142. The van der Waals surface area contributed by atoms with Crippen LogP contribution in [0.3, 0.4) is 0 Å². The standard InChI is InChI=1S/C39H61N5O4/c1-25(2)33(42(9)38(48)34(39(6,7)8)41-36(46)31-20-12-13-22-43(31)26(3)4)24-27(5)37(47)44-23-15-21-32(44)35(45)40-30-19-14-17-28-16-10-11-18-29(28)30/h14,17,19,24-26,31-34H,10-13,15-16,18,20-23H2,1-9H3,(H,40,45)(H,41,46)/b27-24+/t31?,32-,33+,34+/m0/s1. The van der Waals surface area contributed by atoms with Gasteiger partial charge in [-0.25, -0.2) is 0 Å². The van der Waals surface area contributed by atoms with E-state index in [-0.39, 0.29) is 47.7 Å². The molecule has 1 unspecified atom stereocenters. The SMILES string of the molecule is C/C(=C\[C@H](C(C)C)N(C)C(=O)[C@@H](NC(=O)C1CCCCN1C(C)C)C(C)(C)C)C(=O)N1CCC[C@H]1C(=O)Nc1cccc2c1CCCC2. The topological polar surface area (TPSA) is 102 Å². The number of hydrogen-bond acceptors (Lipinski definition) is 5. The summed E-state index contributed by atoms with van der Waals surface area (Å²) in [5, 5.41) is 6.31. The van der Waals surface area contributed by atoms with E-state index in [1.807, 2.05) is 52.8 Å². The summed E-state index contributed by atoms with van der Waals surface area (Å²) in [6.07, 6.45) is 10.4. The Balaban J connectivity index is 1.49. The van der Waals surface area contributed by atoms with Gasteiger partial charge >= 0.3 is 0 Å². The number of amides is 4. The quantitative estimate of drug-likeness (QED) is 0.312. The van der Waals surface area contributed by atoms with E-state index in [0.29, 0.717) is 18.5 Å². The molecule has 9 nitrogen and oxygen atoms in total. The number of nitrogens with zero attached hydrogens (tertiary/aromatic N) is 3. The average molecular weight is 664 g/mol. The predicted octanol–water partition coefficient (Wildman–Crippen LogP) is 5.72. The van der Waals surface area contributed by atoms with E-state index in [4.69, 9.17) is 0 Å². The Morgan fingerprint density at radius 2 is 1.58 bits per heavy atom. The summed E-state index contributed by atoms with van der Waals surface area (Å²) in [4.78, 5) is 61.0. The van der Waals surface area contributed by atoms with Crippen molar-refractivity contribution in [1.82, 2.24) is 20.0 Å². The van der Waals surface area contributed by atoms with Crippen LogP contribution in [0.15, 0.2) is 29.8 Å². The molecule has 1 aliphatic carbocycles. The van der Waals surface area contributed by atoms with Crippen molar-refractivity contribution in [2.75, 3.05) is 25.5 Å². The molecule has 0 radical (unpaired) electrons. The molecule has 0 bridgehead atoms. The van der Waals surface area contributed by atoms with Gasteiger partial charge in [0.2, 0.25) is 23.6 Å². The number of piperidine rings is 1. The third-order valence-corrected chi connectivity index (χ3v) is 10.6. The van der Waals surface area contributed by atoms with Crippen LogP contribution in [-0.2, 0) is 32.0 Å². The fourth-order valence-corrected chi connectivity index (χ4v) is 7.79. The second kappa shape index (κ2) is 16.0. The van der Waals surface area contributed by atoms with Gasteiger partial charge in [-0.05, 0) is 107 Å². The highest BCUT2D eigenvalue weighted by Gasteiger charge is 2.40. The molecule has 1 aromatic rings. The maximum atomic E-state index is 14.2. The summed E-state index contributed by atoms with van der Waals surface area (Å²) in [5.74, 6) is -0.584. The number of likely N-dealkylation sites (tertiary alicyclic amines) is 2. The van der Waals surface area contributed by atoms with Crippen LogP contribution in [0.5, 0.6) is 0 Å². The number of hydrogen-bond donors (Lipinski definition) is 2. The number of rotatable bonds is 10. The first-order valence-corrected chi connectivity index (χ1v) is 18.4. The highest BCUT2D eigenvalue weighted by Crippen LogP contribution is 2.30. The normalized spacial score (nSPS) is 21.9. The third-order valence-electron chi connectivity index (χ3n) is 10.6. The molecule has 2 saturated heterocycles. The van der Waals surface area contributed by atoms with E-state index in [9.17, 15) is 19.2 Å². The van der Waals surface area contributed by atoms with E-state index in [1.165, 1.54) is 17.5 Å². The first-order valence-electron chi connectivity index (χ1n) is 18.4. The van der Waals surface area contributed by atoms with Crippen molar-refractivity contribution >= 4 is 29.3 Å². The monoisotopic (exact) mass is 663 g/mol. The average Bonchev–Trinajstić information content (AvgIpc) is 3.54. The molecule has 0 aromatic heterocycles. The maximum absolute atomic E-state index is 14.2. The maximum Gasteiger partial charge on any atom is 0.249 e. The summed E-state index contributed by atoms with van der Waals surface area (Å²) >= 11 is 0. The summed E-state index contributed by atoms with van der Waals surface area (Å²) in [5.41, 5.74) is 3.37. The lowest BCUT2D eigenvalue weighted by atomic mass is 9.84. The Hall–Kier alpha value is -3.20. The van der Waals surface area contributed by atoms with Crippen molar-refractivity contribution in [3.05, 3.63) is 41.0 Å². The number of aryl methyl sites for hydroxylation is 1. The predicted molar refractivity (Wildman–Crippen MR) is 192 cm³/mol. The lowest BCUT2D eigenvalue weighted by Gasteiger charge is -2.41. The van der Waals surface area contributed by atoms with Gasteiger partial charge in [-0.15, -0.1) is 0 Å². The van der Waals surface area contributed by atoms with Crippen molar-refractivity contribution in [2.45, 2.75) is 143 Å². The molecule has 4 atom stereocenters. The Labute approximate surface area is 289 Å². The van der Waals surface area contributed by atoms with Gasteiger partial charge in [-0.3, -0.25) is 24.1 Å². The zero-order chi connectivity index (χ0) is 35.3. The molecule has 2 heterocycles. The van der Waals surface area contributed by atoms with Crippen molar-refractivity contribution < 1.29 is 19.2 Å². The Morgan fingerprint density at radius 1 is 0.896 bits per heavy atom. The molecule has 48 heavy (non-hydrogen) atoms. The van der Waals surface area contributed by atoms with Crippen LogP contribution in [0, 0.1) is 11.3 Å². The molecule has 2 N–H and O–H groups in total. The summed E-state index contributed by atoms with van der Waals surface area (Å²) in [6.45, 7) is 17.4. The molecular formula is C39H61N5O4. The number of fused-ring (bicyclic) bond motifs is 1. The van der Waals surface area contributed by atoms with Gasteiger partial charge in [0.1, 0.15) is 12.1 Å². The molecule has 266 valence electrons. The van der Waals surface area contributed by atoms with Gasteiger partial charge in [-0.2, -0.15) is 0 Å². The zero-order valence-electron chi connectivity index (χ0n) is 31.0. The third kappa shape index (κ3) is 8.68. The molecule has 1 aromatic carbocycles. The van der Waals surface area contributed by atoms with Crippen molar-refractivity contribution in [1.29, 1.82) is 0 Å². The lowest BCUT2D eigenvalue weighted by Crippen LogP contribution is -2.60. The fraction of sp³-hybridized carbons (Fsp3) is 0.692. The Kier molecular flexibility index (Phi) is 12.5. The minimum atomic E-state index is -0.730. The minimum absolute atomic E-state index is 0.00901. The van der Waals surface area contributed by atoms with Crippen LogP contribution in [0.1, 0.15) is 111 Å². The first-order chi connectivity index (χ1) is 22.6. The molecule has 4 rings (SSSR count). The van der Waals surface area contributed by atoms with Crippen LogP contribution >= 0.6 is 0 Å². The van der Waals surface area contributed by atoms with Gasteiger partial charge in [0.05, 0.1) is 12.1 Å². The van der Waals surface area contributed by atoms with E-state index in [2.05, 4.69) is 35.4 Å². The number of benzene rings is 1. The van der Waals surface area contributed by atoms with Crippen LogP contribution in [0.2, 0.25) is 0 Å². The fourth-order valence-electron chi connectivity index (χ4n) is 7.79. The molecule has 9 heteroatoms. The van der Waals surface area contributed by atoms with Gasteiger partial charge < -0.3 is 20.4 Å². The first kappa shape index (κ1) is 37.6. The number of likely N-dealkylation sites (N-methyl/N-ethyl adjacent to an activating group) is 1. The second-order valence-corrected chi connectivity index (χ2v) is 16.0.